The molecule has 1 heterocycles. The van der Waals surface area contributed by atoms with Crippen molar-refractivity contribution in [3.63, 3.8) is 0 Å². The van der Waals surface area contributed by atoms with E-state index in [4.69, 9.17) is 4.43 Å². The van der Waals surface area contributed by atoms with Gasteiger partial charge in [0.05, 0.1) is 5.75 Å². The third-order valence-electron chi connectivity index (χ3n) is 2.67. The average molecular weight is 256 g/mol. The van der Waals surface area contributed by atoms with Crippen molar-refractivity contribution in [3.05, 3.63) is 30.6 Å². The molecule has 0 aromatic carbocycles. The second kappa shape index (κ2) is 7.09. The highest BCUT2D eigenvalue weighted by Gasteiger charge is 2.19. The van der Waals surface area contributed by atoms with Crippen LogP contribution in [0.3, 0.4) is 0 Å². The zero-order valence-electron chi connectivity index (χ0n) is 10.5. The highest BCUT2D eigenvalue weighted by molar-refractivity contribution is 7.99. The fraction of sp³-hybridized carbons (Fsp3) is 0.583. The van der Waals surface area contributed by atoms with Gasteiger partial charge in [0.2, 0.25) is 0 Å². The molecular formula is C12H22NOSSi+. The summed E-state index contributed by atoms with van der Waals surface area (Å²) in [5.41, 5.74) is 0. The summed E-state index contributed by atoms with van der Waals surface area (Å²) in [5, 5.41) is 0. The van der Waals surface area contributed by atoms with Crippen molar-refractivity contribution in [2.45, 2.75) is 25.7 Å². The summed E-state index contributed by atoms with van der Waals surface area (Å²) < 4.78 is 7.75. The molecule has 0 spiro atoms. The van der Waals surface area contributed by atoms with Crippen LogP contribution in [0.5, 0.6) is 0 Å². The Bertz CT molecular complexity index is 292. The third kappa shape index (κ3) is 5.68. The minimum Gasteiger partial charge on any atom is -0.420 e. The minimum atomic E-state index is -1.33. The number of rotatable bonds is 7. The zero-order chi connectivity index (χ0) is 11.9. The van der Waals surface area contributed by atoms with Gasteiger partial charge in [-0.2, -0.15) is 11.8 Å². The molecule has 4 heteroatoms. The van der Waals surface area contributed by atoms with Crippen molar-refractivity contribution in [3.8, 4) is 0 Å². The Labute approximate surface area is 104 Å². The first kappa shape index (κ1) is 13.7. The molecule has 0 unspecified atom stereocenters. The fourth-order valence-corrected chi connectivity index (χ4v) is 4.57. The molecule has 0 aliphatic carbocycles. The van der Waals surface area contributed by atoms with Gasteiger partial charge in [-0.05, 0) is 24.9 Å². The van der Waals surface area contributed by atoms with Gasteiger partial charge in [0.15, 0.2) is 27.3 Å². The minimum absolute atomic E-state index is 1.10. The molecule has 0 amide bonds. The molecule has 90 valence electrons. The van der Waals surface area contributed by atoms with Crippen molar-refractivity contribution in [1.29, 1.82) is 0 Å². The van der Waals surface area contributed by atoms with Gasteiger partial charge in [-0.1, -0.05) is 6.07 Å². The lowest BCUT2D eigenvalue weighted by atomic mass is 10.5. The Hall–Kier alpha value is -0.323. The second-order valence-electron chi connectivity index (χ2n) is 4.44. The van der Waals surface area contributed by atoms with Crippen molar-refractivity contribution in [2.24, 2.45) is 0 Å². The van der Waals surface area contributed by atoms with Crippen molar-refractivity contribution < 1.29 is 8.99 Å². The monoisotopic (exact) mass is 256 g/mol. The molecule has 16 heavy (non-hydrogen) atoms. The normalized spacial score (nSPS) is 11.7. The van der Waals surface area contributed by atoms with Gasteiger partial charge in [-0.15, -0.1) is 0 Å². The Balaban J connectivity index is 2.09. The largest absolute Gasteiger partial charge is 0.420 e. The molecule has 1 rings (SSSR count). The summed E-state index contributed by atoms with van der Waals surface area (Å²) in [7, 11) is 0.510. The predicted octanol–water partition coefficient (Wildman–Crippen LogP) is 2.56. The number of hydrogen-bond acceptors (Lipinski definition) is 2. The summed E-state index contributed by atoms with van der Waals surface area (Å²) in [4.78, 5) is 0. The van der Waals surface area contributed by atoms with Crippen LogP contribution in [0.1, 0.15) is 0 Å². The topological polar surface area (TPSA) is 13.1 Å². The summed E-state index contributed by atoms with van der Waals surface area (Å²) in [6.45, 7) is 5.65. The Kier molecular flexibility index (Phi) is 6.09. The number of aromatic nitrogens is 1. The van der Waals surface area contributed by atoms with Gasteiger partial charge >= 0.3 is 0 Å². The second-order valence-corrected chi connectivity index (χ2v) is 10.1. The van der Waals surface area contributed by atoms with Crippen LogP contribution in [-0.2, 0) is 11.0 Å². The van der Waals surface area contributed by atoms with Crippen LogP contribution >= 0.6 is 11.8 Å². The first-order chi connectivity index (χ1) is 7.64. The highest BCUT2D eigenvalue weighted by atomic mass is 32.2. The number of hydrogen-bond donors (Lipinski definition) is 0. The first-order valence-electron chi connectivity index (χ1n) is 5.71. The summed E-state index contributed by atoms with van der Waals surface area (Å²) in [5.74, 6) is 2.41. The van der Waals surface area contributed by atoms with E-state index < -0.39 is 8.32 Å². The van der Waals surface area contributed by atoms with E-state index in [2.05, 4.69) is 48.3 Å². The van der Waals surface area contributed by atoms with Crippen LogP contribution in [0, 0.1) is 0 Å². The van der Waals surface area contributed by atoms with E-state index in [1.807, 2.05) is 18.9 Å². The third-order valence-corrected chi connectivity index (χ3v) is 6.56. The Morgan fingerprint density at radius 1 is 1.12 bits per heavy atom. The van der Waals surface area contributed by atoms with Crippen LogP contribution in [0.4, 0.5) is 0 Å². The molecule has 0 atom stereocenters. The standard InChI is InChI=1S/C12H22NOSSi/c1-14-16(2,3)12-11-15-10-9-13-7-5-4-6-8-13/h4-8H,9-12H2,1-3H3/q+1. The number of thioether (sulfide) groups is 1. The van der Waals surface area contributed by atoms with E-state index in [1.54, 1.807) is 0 Å². The summed E-state index contributed by atoms with van der Waals surface area (Å²) in [6, 6.07) is 7.45. The molecule has 2 nitrogen and oxygen atoms in total. The van der Waals surface area contributed by atoms with E-state index >= 15 is 0 Å². The molecule has 1 aromatic heterocycles. The van der Waals surface area contributed by atoms with Gasteiger partial charge < -0.3 is 4.43 Å². The predicted molar refractivity (Wildman–Crippen MR) is 73.3 cm³/mol. The van der Waals surface area contributed by atoms with Crippen LogP contribution in [0.25, 0.3) is 0 Å². The molecule has 1 aromatic rings. The molecule has 0 bridgehead atoms. The molecule has 0 aliphatic heterocycles. The lowest BCUT2D eigenvalue weighted by molar-refractivity contribution is -0.692. The molecular weight excluding hydrogens is 234 g/mol. The lowest BCUT2D eigenvalue weighted by Crippen LogP contribution is -2.33. The summed E-state index contributed by atoms with van der Waals surface area (Å²) >= 11 is 2.02. The van der Waals surface area contributed by atoms with Gasteiger partial charge in [-0.3, -0.25) is 0 Å². The quantitative estimate of drug-likeness (QED) is 0.422. The SMILES string of the molecule is CO[Si](C)(C)CCSCC[n+]1ccccc1. The van der Waals surface area contributed by atoms with Gasteiger partial charge in [-0.25, -0.2) is 4.57 Å². The highest BCUT2D eigenvalue weighted by Crippen LogP contribution is 2.14. The number of pyridine rings is 1. The van der Waals surface area contributed by atoms with E-state index in [-0.39, 0.29) is 0 Å². The number of aryl methyl sites for hydroxylation is 1. The zero-order valence-corrected chi connectivity index (χ0v) is 12.3. The van der Waals surface area contributed by atoms with E-state index in [0.717, 1.165) is 6.54 Å². The van der Waals surface area contributed by atoms with E-state index in [9.17, 15) is 0 Å². The van der Waals surface area contributed by atoms with Crippen molar-refractivity contribution >= 4 is 20.1 Å². The van der Waals surface area contributed by atoms with Crippen LogP contribution in [-0.4, -0.2) is 26.9 Å². The fourth-order valence-electron chi connectivity index (χ4n) is 1.28. The smallest absolute Gasteiger partial charge is 0.187 e. The van der Waals surface area contributed by atoms with Crippen molar-refractivity contribution in [2.75, 3.05) is 18.6 Å². The molecule has 0 aliphatic rings. The van der Waals surface area contributed by atoms with Gasteiger partial charge in [0.25, 0.3) is 0 Å². The molecule has 0 N–H and O–H groups in total. The maximum Gasteiger partial charge on any atom is 0.187 e. The van der Waals surface area contributed by atoms with Gasteiger partial charge in [0.1, 0.15) is 0 Å². The molecule has 0 saturated heterocycles. The van der Waals surface area contributed by atoms with Crippen LogP contribution in [0.15, 0.2) is 30.6 Å². The maximum atomic E-state index is 5.52. The van der Waals surface area contributed by atoms with Gasteiger partial charge in [0, 0.05) is 19.2 Å². The molecule has 0 radical (unpaired) electrons. The average Bonchev–Trinajstić information content (AvgIpc) is 2.30. The van der Waals surface area contributed by atoms with E-state index in [0.29, 0.717) is 0 Å². The summed E-state index contributed by atoms with van der Waals surface area (Å²) in [6.07, 6.45) is 4.24. The van der Waals surface area contributed by atoms with Crippen molar-refractivity contribution in [1.82, 2.24) is 0 Å². The molecule has 0 fully saturated rings. The van der Waals surface area contributed by atoms with Crippen LogP contribution in [0.2, 0.25) is 19.1 Å². The molecule has 0 saturated carbocycles. The maximum absolute atomic E-state index is 5.52. The van der Waals surface area contributed by atoms with E-state index in [1.165, 1.54) is 17.5 Å². The lowest BCUT2D eigenvalue weighted by Gasteiger charge is -2.18. The van der Waals surface area contributed by atoms with Crippen LogP contribution < -0.4 is 4.57 Å². The Morgan fingerprint density at radius 2 is 1.81 bits per heavy atom. The first-order valence-corrected chi connectivity index (χ1v) is 9.98. The Morgan fingerprint density at radius 3 is 2.44 bits per heavy atom. The number of nitrogens with zero attached hydrogens (tertiary/aromatic N) is 1.